The van der Waals surface area contributed by atoms with E-state index in [1.54, 1.807) is 0 Å². The molecule has 2 aromatic carbocycles. The fourth-order valence-corrected chi connectivity index (χ4v) is 4.98. The number of ether oxygens (including phenoxy) is 1. The van der Waals surface area contributed by atoms with Crippen molar-refractivity contribution >= 4 is 18.0 Å². The van der Waals surface area contributed by atoms with Crippen LogP contribution < -0.4 is 10.6 Å². The minimum absolute atomic E-state index is 0.0780. The van der Waals surface area contributed by atoms with Gasteiger partial charge in [-0.25, -0.2) is 9.59 Å². The third-order valence-corrected chi connectivity index (χ3v) is 6.97. The molecule has 0 aromatic heterocycles. The van der Waals surface area contributed by atoms with E-state index in [4.69, 9.17) is 9.84 Å². The van der Waals surface area contributed by atoms with Crippen molar-refractivity contribution in [2.45, 2.75) is 36.8 Å². The third kappa shape index (κ3) is 5.47. The molecule has 4 rings (SSSR count). The van der Waals surface area contributed by atoms with Crippen molar-refractivity contribution in [3.8, 4) is 11.1 Å². The maximum absolute atomic E-state index is 12.9. The molecule has 4 N–H and O–H groups in total. The lowest BCUT2D eigenvalue weighted by atomic mass is 9.84. The summed E-state index contributed by atoms with van der Waals surface area (Å²) in [6, 6.07) is 14.8. The van der Waals surface area contributed by atoms with Crippen LogP contribution in [0.3, 0.4) is 0 Å². The number of hydrogen-bond acceptors (Lipinski definition) is 6. The van der Waals surface area contributed by atoms with Gasteiger partial charge in [-0.15, -0.1) is 0 Å². The SMILES string of the molecule is CN1CCC(CC(=O)NC(CO)C(=O)O)(NC(=O)OCC2c3ccccc3-c3ccccc32)CC1. The molecule has 1 heterocycles. The molecule has 2 aliphatic rings. The van der Waals surface area contributed by atoms with Crippen LogP contribution in [0.1, 0.15) is 36.3 Å². The van der Waals surface area contributed by atoms with E-state index in [1.165, 1.54) is 0 Å². The van der Waals surface area contributed by atoms with Crippen LogP contribution in [0.15, 0.2) is 48.5 Å². The van der Waals surface area contributed by atoms with Crippen LogP contribution in [-0.2, 0) is 14.3 Å². The molecule has 2 amide bonds. The van der Waals surface area contributed by atoms with Crippen molar-refractivity contribution in [3.05, 3.63) is 59.7 Å². The van der Waals surface area contributed by atoms with Gasteiger partial charge in [0.05, 0.1) is 12.1 Å². The second-order valence-corrected chi connectivity index (χ2v) is 9.35. The number of carbonyl (C=O) groups is 3. The fraction of sp³-hybridized carbons (Fsp3) is 0.423. The van der Waals surface area contributed by atoms with Gasteiger partial charge in [0.1, 0.15) is 12.6 Å². The van der Waals surface area contributed by atoms with E-state index < -0.39 is 36.2 Å². The van der Waals surface area contributed by atoms with Crippen LogP contribution in [0, 0.1) is 0 Å². The molecule has 35 heavy (non-hydrogen) atoms. The highest BCUT2D eigenvalue weighted by Crippen LogP contribution is 2.44. The number of alkyl carbamates (subject to hydrolysis) is 1. The molecule has 1 aliphatic carbocycles. The normalized spacial score (nSPS) is 17.7. The van der Waals surface area contributed by atoms with Gasteiger partial charge in [-0.1, -0.05) is 48.5 Å². The Balaban J connectivity index is 1.43. The number of nitrogens with zero attached hydrogens (tertiary/aromatic N) is 1. The van der Waals surface area contributed by atoms with Crippen LogP contribution in [0.5, 0.6) is 0 Å². The summed E-state index contributed by atoms with van der Waals surface area (Å²) >= 11 is 0. The van der Waals surface area contributed by atoms with Gasteiger partial charge < -0.3 is 30.5 Å². The second-order valence-electron chi connectivity index (χ2n) is 9.35. The largest absolute Gasteiger partial charge is 0.480 e. The molecular weight excluding hydrogens is 450 g/mol. The van der Waals surface area contributed by atoms with Gasteiger partial charge in [0, 0.05) is 25.4 Å². The lowest BCUT2D eigenvalue weighted by Crippen LogP contribution is -2.57. The molecule has 0 radical (unpaired) electrons. The van der Waals surface area contributed by atoms with Crippen LogP contribution in [0.2, 0.25) is 0 Å². The number of hydrogen-bond donors (Lipinski definition) is 4. The van der Waals surface area contributed by atoms with Gasteiger partial charge >= 0.3 is 12.1 Å². The van der Waals surface area contributed by atoms with Crippen molar-refractivity contribution in [3.63, 3.8) is 0 Å². The maximum atomic E-state index is 12.9. The molecule has 9 heteroatoms. The summed E-state index contributed by atoms with van der Waals surface area (Å²) in [5.41, 5.74) is 3.63. The zero-order valence-corrected chi connectivity index (χ0v) is 19.7. The molecule has 1 aliphatic heterocycles. The van der Waals surface area contributed by atoms with Crippen LogP contribution in [0.4, 0.5) is 4.79 Å². The lowest BCUT2D eigenvalue weighted by Gasteiger charge is -2.40. The van der Waals surface area contributed by atoms with Gasteiger partial charge in [-0.05, 0) is 42.1 Å². The number of fused-ring (bicyclic) bond motifs is 3. The van der Waals surface area contributed by atoms with E-state index in [0.29, 0.717) is 25.9 Å². The van der Waals surface area contributed by atoms with Crippen LogP contribution in [0.25, 0.3) is 11.1 Å². The molecule has 0 bridgehead atoms. The maximum Gasteiger partial charge on any atom is 0.407 e. The zero-order valence-electron chi connectivity index (χ0n) is 19.7. The number of rotatable bonds is 8. The lowest BCUT2D eigenvalue weighted by molar-refractivity contribution is -0.143. The standard InChI is InChI=1S/C26H31N3O6/c1-29-12-10-26(11-13-29,14-23(31)27-22(15-30)24(32)33)28-25(34)35-16-21-19-8-4-2-6-17(19)18-7-3-5-9-20(18)21/h2-9,21-22,30H,10-16H2,1H3,(H,27,31)(H,28,34)(H,32,33). The summed E-state index contributed by atoms with van der Waals surface area (Å²) in [4.78, 5) is 38.8. The van der Waals surface area contributed by atoms with E-state index in [2.05, 4.69) is 27.7 Å². The van der Waals surface area contributed by atoms with E-state index in [0.717, 1.165) is 22.3 Å². The second kappa shape index (κ2) is 10.5. The molecule has 1 saturated heterocycles. The number of carboxylic acids is 1. The first-order valence-electron chi connectivity index (χ1n) is 11.8. The number of carbonyl (C=O) groups excluding carboxylic acids is 2. The molecule has 2 aromatic rings. The Morgan fingerprint density at radius 3 is 2.17 bits per heavy atom. The van der Waals surface area contributed by atoms with Crippen molar-refractivity contribution in [2.24, 2.45) is 0 Å². The van der Waals surface area contributed by atoms with Crippen molar-refractivity contribution in [1.82, 2.24) is 15.5 Å². The molecule has 0 spiro atoms. The summed E-state index contributed by atoms with van der Waals surface area (Å²) in [6.07, 6.45) is 0.311. The van der Waals surface area contributed by atoms with Crippen LogP contribution >= 0.6 is 0 Å². The van der Waals surface area contributed by atoms with Crippen molar-refractivity contribution < 1.29 is 29.3 Å². The number of amides is 2. The fourth-order valence-electron chi connectivity index (χ4n) is 4.98. The van der Waals surface area contributed by atoms with Gasteiger partial charge in [0.2, 0.25) is 5.91 Å². The summed E-state index contributed by atoms with van der Waals surface area (Å²) < 4.78 is 5.69. The Labute approximate surface area is 204 Å². The zero-order chi connectivity index (χ0) is 25.0. The minimum atomic E-state index is -1.39. The molecule has 1 unspecified atom stereocenters. The number of piperidine rings is 1. The van der Waals surface area contributed by atoms with E-state index in [-0.39, 0.29) is 18.9 Å². The smallest absolute Gasteiger partial charge is 0.407 e. The average Bonchev–Trinajstić information content (AvgIpc) is 3.16. The number of carboxylic acid groups (broad SMARTS) is 1. The first-order valence-corrected chi connectivity index (χ1v) is 11.8. The summed E-state index contributed by atoms with van der Waals surface area (Å²) in [6.45, 7) is 0.781. The molecule has 1 fully saturated rings. The monoisotopic (exact) mass is 481 g/mol. The first kappa shape index (κ1) is 24.7. The molecule has 1 atom stereocenters. The van der Waals surface area contributed by atoms with Gasteiger partial charge in [-0.3, -0.25) is 4.79 Å². The topological polar surface area (TPSA) is 128 Å². The van der Waals surface area contributed by atoms with Gasteiger partial charge in [0.15, 0.2) is 0 Å². The third-order valence-electron chi connectivity index (χ3n) is 6.97. The first-order chi connectivity index (χ1) is 16.8. The van der Waals surface area contributed by atoms with E-state index in [1.807, 2.05) is 43.4 Å². The quantitative estimate of drug-likeness (QED) is 0.454. The number of aliphatic hydroxyl groups is 1. The van der Waals surface area contributed by atoms with E-state index in [9.17, 15) is 19.5 Å². The Hall–Kier alpha value is -3.43. The predicted molar refractivity (Wildman–Crippen MR) is 129 cm³/mol. The van der Waals surface area contributed by atoms with Crippen molar-refractivity contribution in [2.75, 3.05) is 33.4 Å². The Morgan fingerprint density at radius 1 is 1.06 bits per heavy atom. The summed E-state index contributed by atoms with van der Waals surface area (Å²) in [5.74, 6) is -1.94. The highest BCUT2D eigenvalue weighted by Gasteiger charge is 2.39. The minimum Gasteiger partial charge on any atom is -0.480 e. The average molecular weight is 482 g/mol. The summed E-state index contributed by atoms with van der Waals surface area (Å²) in [5, 5.41) is 23.6. The van der Waals surface area contributed by atoms with Gasteiger partial charge in [0.25, 0.3) is 0 Å². The predicted octanol–water partition coefficient (Wildman–Crippen LogP) is 1.94. The van der Waals surface area contributed by atoms with Crippen LogP contribution in [-0.4, -0.2) is 78.0 Å². The molecule has 186 valence electrons. The number of aliphatic carboxylic acids is 1. The number of aliphatic hydroxyl groups excluding tert-OH is 1. The Bertz CT molecular complexity index is 1050. The van der Waals surface area contributed by atoms with Gasteiger partial charge in [-0.2, -0.15) is 0 Å². The van der Waals surface area contributed by atoms with E-state index >= 15 is 0 Å². The van der Waals surface area contributed by atoms with Crippen molar-refractivity contribution in [1.29, 1.82) is 0 Å². The molecular formula is C26H31N3O6. The number of benzene rings is 2. The Kier molecular flexibility index (Phi) is 7.37. The summed E-state index contributed by atoms with van der Waals surface area (Å²) in [7, 11) is 1.96. The Morgan fingerprint density at radius 2 is 1.63 bits per heavy atom. The highest BCUT2D eigenvalue weighted by atomic mass is 16.5. The highest BCUT2D eigenvalue weighted by molar-refractivity contribution is 5.85. The number of nitrogens with one attached hydrogen (secondary N) is 2. The number of likely N-dealkylation sites (tertiary alicyclic amines) is 1. The molecule has 0 saturated carbocycles. The molecule has 9 nitrogen and oxygen atoms in total.